The smallest absolute Gasteiger partial charge is 0.0621 e. The number of hydrogen-bond donors (Lipinski definition) is 1. The van der Waals surface area contributed by atoms with Crippen LogP contribution in [0, 0.1) is 17.8 Å². The average molecular weight is 265 g/mol. The van der Waals surface area contributed by atoms with Gasteiger partial charge in [0.1, 0.15) is 0 Å². The van der Waals surface area contributed by atoms with E-state index < -0.39 is 0 Å². The van der Waals surface area contributed by atoms with E-state index in [1.165, 1.54) is 31.2 Å². The first-order valence-electron chi connectivity index (χ1n) is 7.03. The van der Waals surface area contributed by atoms with Gasteiger partial charge in [0, 0.05) is 18.4 Å². The summed E-state index contributed by atoms with van der Waals surface area (Å²) in [6.07, 6.45) is 10.4. The molecule has 98 valence electrons. The maximum atomic E-state index is 6.22. The number of nitrogens with one attached hydrogen (secondary N) is 1. The summed E-state index contributed by atoms with van der Waals surface area (Å²) in [6, 6.07) is 2.63. The van der Waals surface area contributed by atoms with E-state index >= 15 is 0 Å². The van der Waals surface area contributed by atoms with Crippen LogP contribution < -0.4 is 5.32 Å². The van der Waals surface area contributed by atoms with E-state index in [2.05, 4.69) is 23.4 Å². The molecule has 1 aromatic heterocycles. The van der Waals surface area contributed by atoms with Crippen LogP contribution in [0.2, 0.25) is 5.02 Å². The number of rotatable bonds is 4. The minimum atomic E-state index is 0.570. The molecule has 0 aromatic carbocycles. The molecule has 18 heavy (non-hydrogen) atoms. The van der Waals surface area contributed by atoms with Crippen LogP contribution in [0.3, 0.4) is 0 Å². The third-order valence-corrected chi connectivity index (χ3v) is 5.32. The molecule has 1 heterocycles. The zero-order chi connectivity index (χ0) is 12.5. The molecule has 0 amide bonds. The molecule has 1 aromatic rings. The second-order valence-electron chi connectivity index (χ2n) is 5.91. The Kier molecular flexibility index (Phi) is 3.58. The third kappa shape index (κ3) is 2.28. The third-order valence-electron chi connectivity index (χ3n) is 4.98. The molecule has 2 aliphatic carbocycles. The minimum Gasteiger partial charge on any atom is -0.316 e. The molecule has 0 saturated heterocycles. The van der Waals surface area contributed by atoms with Crippen LogP contribution in [0.25, 0.3) is 0 Å². The van der Waals surface area contributed by atoms with Crippen LogP contribution in [-0.4, -0.2) is 18.1 Å². The van der Waals surface area contributed by atoms with Crippen molar-refractivity contribution >= 4 is 11.6 Å². The number of pyridine rings is 1. The summed E-state index contributed by atoms with van der Waals surface area (Å²) in [4.78, 5) is 4.06. The number of fused-ring (bicyclic) bond motifs is 2. The van der Waals surface area contributed by atoms with Crippen LogP contribution in [0.4, 0.5) is 0 Å². The van der Waals surface area contributed by atoms with Crippen molar-refractivity contribution in [3.8, 4) is 0 Å². The molecule has 2 fully saturated rings. The Morgan fingerprint density at radius 2 is 2.33 bits per heavy atom. The molecule has 3 heteroatoms. The number of aromatic nitrogens is 1. The van der Waals surface area contributed by atoms with Gasteiger partial charge in [-0.2, -0.15) is 0 Å². The zero-order valence-electron chi connectivity index (χ0n) is 10.9. The highest BCUT2D eigenvalue weighted by molar-refractivity contribution is 6.31. The van der Waals surface area contributed by atoms with E-state index in [9.17, 15) is 0 Å². The van der Waals surface area contributed by atoms with Gasteiger partial charge in [-0.15, -0.1) is 0 Å². The lowest BCUT2D eigenvalue weighted by molar-refractivity contribution is 0.255. The molecule has 2 bridgehead atoms. The molecular formula is C15H21ClN2. The molecule has 2 saturated carbocycles. The fraction of sp³-hybridized carbons (Fsp3) is 0.667. The summed E-state index contributed by atoms with van der Waals surface area (Å²) in [5, 5.41) is 4.33. The van der Waals surface area contributed by atoms with E-state index in [1.54, 1.807) is 6.20 Å². The van der Waals surface area contributed by atoms with Crippen molar-refractivity contribution in [1.29, 1.82) is 0 Å². The Bertz CT molecular complexity index is 421. The van der Waals surface area contributed by atoms with Crippen LogP contribution in [0.5, 0.6) is 0 Å². The summed E-state index contributed by atoms with van der Waals surface area (Å²) in [5.41, 5.74) is 1.23. The van der Waals surface area contributed by atoms with E-state index in [1.807, 2.05) is 6.20 Å². The Morgan fingerprint density at radius 1 is 1.44 bits per heavy atom. The maximum Gasteiger partial charge on any atom is 0.0621 e. The zero-order valence-corrected chi connectivity index (χ0v) is 11.7. The Hall–Kier alpha value is -0.600. The van der Waals surface area contributed by atoms with Crippen LogP contribution >= 0.6 is 11.6 Å². The van der Waals surface area contributed by atoms with E-state index in [0.717, 1.165) is 29.2 Å². The molecule has 2 aliphatic rings. The topological polar surface area (TPSA) is 24.9 Å². The van der Waals surface area contributed by atoms with E-state index in [4.69, 9.17) is 11.6 Å². The Labute approximate surface area is 114 Å². The second kappa shape index (κ2) is 5.18. The van der Waals surface area contributed by atoms with Gasteiger partial charge in [-0.1, -0.05) is 18.0 Å². The van der Waals surface area contributed by atoms with Gasteiger partial charge in [0.2, 0.25) is 0 Å². The normalized spacial score (nSPS) is 31.8. The lowest BCUT2D eigenvalue weighted by atomic mass is 9.81. The van der Waals surface area contributed by atoms with Crippen molar-refractivity contribution in [1.82, 2.24) is 10.3 Å². The summed E-state index contributed by atoms with van der Waals surface area (Å²) in [7, 11) is 2.09. The lowest BCUT2D eigenvalue weighted by Gasteiger charge is -2.30. The molecule has 4 unspecified atom stereocenters. The van der Waals surface area contributed by atoms with Crippen molar-refractivity contribution in [3.63, 3.8) is 0 Å². The van der Waals surface area contributed by atoms with Gasteiger partial charge < -0.3 is 5.32 Å². The molecule has 1 N–H and O–H groups in total. The highest BCUT2D eigenvalue weighted by Gasteiger charge is 2.42. The van der Waals surface area contributed by atoms with Gasteiger partial charge >= 0.3 is 0 Å². The summed E-state index contributed by atoms with van der Waals surface area (Å²) < 4.78 is 0. The number of halogens is 1. The fourth-order valence-electron chi connectivity index (χ4n) is 4.06. The first kappa shape index (κ1) is 12.4. The Balaban J connectivity index is 1.72. The van der Waals surface area contributed by atoms with Crippen molar-refractivity contribution in [2.45, 2.75) is 38.1 Å². The largest absolute Gasteiger partial charge is 0.316 e. The number of likely N-dealkylation sites (N-methyl/N-ethyl adjacent to an activating group) is 1. The Morgan fingerprint density at radius 3 is 2.94 bits per heavy atom. The molecule has 3 rings (SSSR count). The van der Waals surface area contributed by atoms with Gasteiger partial charge in [-0.3, -0.25) is 4.98 Å². The summed E-state index contributed by atoms with van der Waals surface area (Å²) in [5.74, 6) is 2.80. The monoisotopic (exact) mass is 264 g/mol. The lowest BCUT2D eigenvalue weighted by Crippen LogP contribution is -2.38. The van der Waals surface area contributed by atoms with Crippen LogP contribution in [0.15, 0.2) is 18.5 Å². The van der Waals surface area contributed by atoms with Crippen molar-refractivity contribution < 1.29 is 0 Å². The first-order valence-corrected chi connectivity index (χ1v) is 7.41. The first-order chi connectivity index (χ1) is 8.78. The van der Waals surface area contributed by atoms with Gasteiger partial charge in [0.25, 0.3) is 0 Å². The quantitative estimate of drug-likeness (QED) is 0.903. The molecular weight excluding hydrogens is 244 g/mol. The SMILES string of the molecule is CNC(Cc1ccncc1Cl)C1CC2CCC1C2. The van der Waals surface area contributed by atoms with Crippen molar-refractivity contribution in [3.05, 3.63) is 29.0 Å². The predicted molar refractivity (Wildman–Crippen MR) is 74.7 cm³/mol. The number of nitrogens with zero attached hydrogens (tertiary/aromatic N) is 1. The molecule has 0 spiro atoms. The van der Waals surface area contributed by atoms with Crippen molar-refractivity contribution in [2.75, 3.05) is 7.05 Å². The second-order valence-corrected chi connectivity index (χ2v) is 6.31. The van der Waals surface area contributed by atoms with Gasteiger partial charge in [-0.25, -0.2) is 0 Å². The molecule has 0 aliphatic heterocycles. The van der Waals surface area contributed by atoms with E-state index in [0.29, 0.717) is 6.04 Å². The van der Waals surface area contributed by atoms with Gasteiger partial charge in [0.15, 0.2) is 0 Å². The molecule has 2 nitrogen and oxygen atoms in total. The van der Waals surface area contributed by atoms with Crippen LogP contribution in [0.1, 0.15) is 31.2 Å². The minimum absolute atomic E-state index is 0.570. The fourth-order valence-corrected chi connectivity index (χ4v) is 4.26. The summed E-state index contributed by atoms with van der Waals surface area (Å²) >= 11 is 6.22. The van der Waals surface area contributed by atoms with Gasteiger partial charge in [-0.05, 0) is 62.1 Å². The average Bonchev–Trinajstić information content (AvgIpc) is 3.00. The van der Waals surface area contributed by atoms with E-state index in [-0.39, 0.29) is 0 Å². The molecule has 0 radical (unpaired) electrons. The highest BCUT2D eigenvalue weighted by Crippen LogP contribution is 2.49. The van der Waals surface area contributed by atoms with Crippen LogP contribution in [-0.2, 0) is 6.42 Å². The highest BCUT2D eigenvalue weighted by atomic mass is 35.5. The predicted octanol–water partition coefficient (Wildman–Crippen LogP) is 3.30. The van der Waals surface area contributed by atoms with Gasteiger partial charge in [0.05, 0.1) is 5.02 Å². The maximum absolute atomic E-state index is 6.22. The number of hydrogen-bond acceptors (Lipinski definition) is 2. The van der Waals surface area contributed by atoms with Crippen molar-refractivity contribution in [2.24, 2.45) is 17.8 Å². The molecule has 4 atom stereocenters. The standard InChI is InChI=1S/C15H21ClN2/c1-17-15(8-12-4-5-18-9-14(12)16)13-7-10-2-3-11(13)6-10/h4-5,9-11,13,15,17H,2-3,6-8H2,1H3. The summed E-state index contributed by atoms with van der Waals surface area (Å²) in [6.45, 7) is 0.